The molecule has 33 heavy (non-hydrogen) atoms. The molecule has 5 heteroatoms. The summed E-state index contributed by atoms with van der Waals surface area (Å²) in [4.78, 5) is 2.62. The number of para-hydroxylation sites is 1. The van der Waals surface area contributed by atoms with Crippen LogP contribution < -0.4 is 10.1 Å². The molecule has 2 bridgehead atoms. The van der Waals surface area contributed by atoms with Crippen molar-refractivity contribution in [1.29, 1.82) is 0 Å². The number of hydrogen-bond acceptors (Lipinski definition) is 3. The summed E-state index contributed by atoms with van der Waals surface area (Å²) in [6.07, 6.45) is 3.55. The number of ether oxygens (including phenoxy) is 1. The fourth-order valence-corrected chi connectivity index (χ4v) is 5.91. The minimum Gasteiger partial charge on any atom is -0.496 e. The zero-order chi connectivity index (χ0) is 22.8. The van der Waals surface area contributed by atoms with Gasteiger partial charge in [0.05, 0.1) is 17.2 Å². The number of fused-ring (bicyclic) bond motifs is 3. The first kappa shape index (κ1) is 22.7. The van der Waals surface area contributed by atoms with E-state index in [9.17, 15) is 0 Å². The lowest BCUT2D eigenvalue weighted by Gasteiger charge is -2.54. The molecule has 3 fully saturated rings. The molecule has 3 heterocycles. The molecule has 1 N–H and O–H groups in total. The smallest absolute Gasteiger partial charge is 0.123 e. The van der Waals surface area contributed by atoms with E-state index in [0.717, 1.165) is 36.4 Å². The molecule has 3 aliphatic heterocycles. The quantitative estimate of drug-likeness (QED) is 0.419. The van der Waals surface area contributed by atoms with Gasteiger partial charge in [-0.05, 0) is 73.2 Å². The Kier molecular flexibility index (Phi) is 6.67. The monoisotopic (exact) mass is 480 g/mol. The van der Waals surface area contributed by atoms with Crippen molar-refractivity contribution in [3.8, 4) is 16.9 Å². The number of piperidine rings is 3. The number of nitrogens with one attached hydrogen (secondary N) is 1. The SMILES string of the molecule is COc1ccccc1CNC1(Cc2ccc(-c3ccc(Cl)c(Cl)c3)cc2)CN2CCC1CC2. The summed E-state index contributed by atoms with van der Waals surface area (Å²) in [5, 5.41) is 5.19. The van der Waals surface area contributed by atoms with Gasteiger partial charge in [0.2, 0.25) is 0 Å². The zero-order valence-corrected chi connectivity index (χ0v) is 20.5. The van der Waals surface area contributed by atoms with Gasteiger partial charge in [-0.15, -0.1) is 0 Å². The van der Waals surface area contributed by atoms with Crippen LogP contribution in [-0.4, -0.2) is 37.2 Å². The average Bonchev–Trinajstić information content (AvgIpc) is 2.86. The van der Waals surface area contributed by atoms with E-state index in [2.05, 4.69) is 46.6 Å². The largest absolute Gasteiger partial charge is 0.496 e. The lowest BCUT2D eigenvalue weighted by atomic mass is 9.69. The Morgan fingerprint density at radius 1 is 0.939 bits per heavy atom. The lowest BCUT2D eigenvalue weighted by molar-refractivity contribution is 0.00484. The number of nitrogens with zero attached hydrogens (tertiary/aromatic N) is 1. The minimum atomic E-state index is 0.0719. The predicted octanol–water partition coefficient (Wildman–Crippen LogP) is 6.47. The average molecular weight is 481 g/mol. The van der Waals surface area contributed by atoms with Gasteiger partial charge in [-0.25, -0.2) is 0 Å². The Balaban J connectivity index is 1.38. The standard InChI is InChI=1S/C28H30Cl2N2O/c1-33-27-5-3-2-4-23(27)18-31-28(19-32-14-12-24(28)13-15-32)17-20-6-8-21(9-7-20)22-10-11-25(29)26(30)16-22/h2-11,16,24,31H,12-15,17-19H2,1H3. The summed E-state index contributed by atoms with van der Waals surface area (Å²) < 4.78 is 5.60. The first-order valence-electron chi connectivity index (χ1n) is 11.7. The summed E-state index contributed by atoms with van der Waals surface area (Å²) in [6.45, 7) is 4.36. The van der Waals surface area contributed by atoms with Crippen molar-refractivity contribution >= 4 is 23.2 Å². The maximum absolute atomic E-state index is 6.23. The third kappa shape index (κ3) is 4.79. The van der Waals surface area contributed by atoms with Gasteiger partial charge in [0.15, 0.2) is 0 Å². The lowest BCUT2D eigenvalue weighted by Crippen LogP contribution is -2.66. The van der Waals surface area contributed by atoms with Crippen LogP contribution in [0.5, 0.6) is 5.75 Å². The van der Waals surface area contributed by atoms with Crippen LogP contribution in [0.4, 0.5) is 0 Å². The highest BCUT2D eigenvalue weighted by atomic mass is 35.5. The van der Waals surface area contributed by atoms with Crippen molar-refractivity contribution in [2.24, 2.45) is 5.92 Å². The Morgan fingerprint density at radius 2 is 1.67 bits per heavy atom. The molecule has 0 aliphatic carbocycles. The third-order valence-corrected chi connectivity index (χ3v) is 8.16. The van der Waals surface area contributed by atoms with E-state index in [1.807, 2.05) is 30.3 Å². The van der Waals surface area contributed by atoms with Crippen molar-refractivity contribution in [3.63, 3.8) is 0 Å². The van der Waals surface area contributed by atoms with Crippen molar-refractivity contribution in [3.05, 3.63) is 87.9 Å². The van der Waals surface area contributed by atoms with Gasteiger partial charge in [0.1, 0.15) is 5.75 Å². The molecule has 3 saturated heterocycles. The molecule has 1 unspecified atom stereocenters. The van der Waals surface area contributed by atoms with E-state index < -0.39 is 0 Å². The molecular weight excluding hydrogens is 451 g/mol. The second-order valence-electron chi connectivity index (χ2n) is 9.37. The number of benzene rings is 3. The Labute approximate surface area is 206 Å². The van der Waals surface area contributed by atoms with Crippen LogP contribution in [0.1, 0.15) is 24.0 Å². The highest BCUT2D eigenvalue weighted by Gasteiger charge is 2.46. The molecule has 0 aromatic heterocycles. The predicted molar refractivity (Wildman–Crippen MR) is 137 cm³/mol. The second kappa shape index (κ2) is 9.68. The molecule has 0 radical (unpaired) electrons. The van der Waals surface area contributed by atoms with Crippen LogP contribution in [-0.2, 0) is 13.0 Å². The number of rotatable bonds is 7. The Bertz CT molecular complexity index is 1110. The molecule has 3 nitrogen and oxygen atoms in total. The molecule has 3 aromatic carbocycles. The summed E-state index contributed by atoms with van der Waals surface area (Å²) >= 11 is 12.3. The highest BCUT2D eigenvalue weighted by Crippen LogP contribution is 2.39. The minimum absolute atomic E-state index is 0.0719. The summed E-state index contributed by atoms with van der Waals surface area (Å²) in [5.74, 6) is 1.64. The van der Waals surface area contributed by atoms with Gasteiger partial charge in [0.25, 0.3) is 0 Å². The molecule has 172 valence electrons. The normalized spacial score (nSPS) is 24.1. The molecule has 0 amide bonds. The first-order valence-corrected chi connectivity index (χ1v) is 12.5. The van der Waals surface area contributed by atoms with E-state index in [0.29, 0.717) is 16.0 Å². The van der Waals surface area contributed by atoms with Gasteiger partial charge in [-0.3, -0.25) is 0 Å². The van der Waals surface area contributed by atoms with Crippen molar-refractivity contribution in [2.45, 2.75) is 31.3 Å². The molecule has 0 spiro atoms. The molecular formula is C28H30Cl2N2O. The van der Waals surface area contributed by atoms with E-state index in [1.54, 1.807) is 7.11 Å². The van der Waals surface area contributed by atoms with Gasteiger partial charge in [-0.1, -0.05) is 71.7 Å². The van der Waals surface area contributed by atoms with Crippen molar-refractivity contribution in [1.82, 2.24) is 10.2 Å². The van der Waals surface area contributed by atoms with E-state index >= 15 is 0 Å². The number of halogens is 2. The number of methoxy groups -OCH3 is 1. The van der Waals surface area contributed by atoms with E-state index in [4.69, 9.17) is 27.9 Å². The van der Waals surface area contributed by atoms with Gasteiger partial charge >= 0.3 is 0 Å². The first-order chi connectivity index (χ1) is 16.1. The van der Waals surface area contributed by atoms with E-state index in [1.165, 1.54) is 37.1 Å². The van der Waals surface area contributed by atoms with Crippen LogP contribution in [0, 0.1) is 5.92 Å². The van der Waals surface area contributed by atoms with E-state index in [-0.39, 0.29) is 5.54 Å². The Morgan fingerprint density at radius 3 is 2.33 bits per heavy atom. The van der Waals surface area contributed by atoms with Crippen LogP contribution in [0.3, 0.4) is 0 Å². The second-order valence-corrected chi connectivity index (χ2v) is 10.2. The summed E-state index contributed by atoms with van der Waals surface area (Å²) in [5.41, 5.74) is 4.89. The van der Waals surface area contributed by atoms with Crippen molar-refractivity contribution in [2.75, 3.05) is 26.7 Å². The van der Waals surface area contributed by atoms with Crippen LogP contribution in [0.15, 0.2) is 66.7 Å². The third-order valence-electron chi connectivity index (χ3n) is 7.42. The molecule has 3 aliphatic rings. The zero-order valence-electron chi connectivity index (χ0n) is 19.0. The topological polar surface area (TPSA) is 24.5 Å². The maximum atomic E-state index is 6.23. The maximum Gasteiger partial charge on any atom is 0.123 e. The molecule has 6 rings (SSSR count). The van der Waals surface area contributed by atoms with Crippen LogP contribution in [0.25, 0.3) is 11.1 Å². The van der Waals surface area contributed by atoms with Gasteiger partial charge in [-0.2, -0.15) is 0 Å². The summed E-state index contributed by atoms with van der Waals surface area (Å²) in [7, 11) is 1.75. The Hall–Kier alpha value is -2.04. The van der Waals surface area contributed by atoms with Gasteiger partial charge < -0.3 is 15.0 Å². The molecule has 1 atom stereocenters. The summed E-state index contributed by atoms with van der Waals surface area (Å²) in [6, 6.07) is 23.1. The van der Waals surface area contributed by atoms with Crippen LogP contribution in [0.2, 0.25) is 10.0 Å². The molecule has 3 aromatic rings. The fourth-order valence-electron chi connectivity index (χ4n) is 5.61. The van der Waals surface area contributed by atoms with Crippen molar-refractivity contribution < 1.29 is 4.74 Å². The number of hydrogen-bond donors (Lipinski definition) is 1. The van der Waals surface area contributed by atoms with Gasteiger partial charge in [0, 0.05) is 24.2 Å². The van der Waals surface area contributed by atoms with Crippen LogP contribution >= 0.6 is 23.2 Å². The molecule has 0 saturated carbocycles. The highest BCUT2D eigenvalue weighted by molar-refractivity contribution is 6.42. The fraction of sp³-hybridized carbons (Fsp3) is 0.357.